The van der Waals surface area contributed by atoms with Crippen LogP contribution in [0.15, 0.2) is 48.7 Å². The second-order valence-corrected chi connectivity index (χ2v) is 4.38. The predicted octanol–water partition coefficient (Wildman–Crippen LogP) is 3.06. The van der Waals surface area contributed by atoms with E-state index in [1.165, 1.54) is 0 Å². The Morgan fingerprint density at radius 2 is 1.57 bits per heavy atom. The number of nitrogens with two attached hydrogens (primary N) is 1. The van der Waals surface area contributed by atoms with Crippen LogP contribution in [0.3, 0.4) is 0 Å². The molecule has 2 rings (SSSR count). The van der Waals surface area contributed by atoms with Gasteiger partial charge in [0.05, 0.1) is 21.3 Å². The largest absolute Gasteiger partial charge is 0.497 e. The molecule has 21 heavy (non-hydrogen) atoms. The van der Waals surface area contributed by atoms with Crippen LogP contribution >= 0.6 is 0 Å². The minimum Gasteiger partial charge on any atom is -0.497 e. The normalized spacial score (nSPS) is 11.1. The molecule has 2 aromatic rings. The molecular weight excluding hydrogens is 266 g/mol. The van der Waals surface area contributed by atoms with Crippen molar-refractivity contribution in [2.75, 3.05) is 21.3 Å². The topological polar surface area (TPSA) is 53.7 Å². The minimum absolute atomic E-state index is 0.664. The van der Waals surface area contributed by atoms with Gasteiger partial charge in [-0.1, -0.05) is 18.2 Å². The number of hydrogen-bond acceptors (Lipinski definition) is 4. The Morgan fingerprint density at radius 1 is 0.857 bits per heavy atom. The molecule has 2 aromatic carbocycles. The second-order valence-electron chi connectivity index (χ2n) is 4.38. The molecule has 0 aromatic heterocycles. The summed E-state index contributed by atoms with van der Waals surface area (Å²) >= 11 is 0. The van der Waals surface area contributed by atoms with E-state index in [-0.39, 0.29) is 0 Å². The number of methoxy groups -OCH3 is 3. The fourth-order valence-electron chi connectivity index (χ4n) is 2.15. The molecule has 0 aliphatic rings. The van der Waals surface area contributed by atoms with Crippen LogP contribution in [0.2, 0.25) is 0 Å². The Balaban J connectivity index is 2.46. The molecule has 0 fully saturated rings. The van der Waals surface area contributed by atoms with Crippen molar-refractivity contribution in [3.63, 3.8) is 0 Å². The maximum absolute atomic E-state index is 5.82. The number of benzene rings is 2. The zero-order valence-corrected chi connectivity index (χ0v) is 12.4. The smallest absolute Gasteiger partial charge is 0.161 e. The van der Waals surface area contributed by atoms with Gasteiger partial charge in [-0.05, 0) is 35.4 Å². The molecule has 4 nitrogen and oxygen atoms in total. The fraction of sp³-hybridized carbons (Fsp3) is 0.176. The zero-order valence-electron chi connectivity index (χ0n) is 12.4. The van der Waals surface area contributed by atoms with Crippen LogP contribution in [0.5, 0.6) is 17.2 Å². The molecule has 2 N–H and O–H groups in total. The Kier molecular flexibility index (Phi) is 4.72. The van der Waals surface area contributed by atoms with Crippen LogP contribution < -0.4 is 19.9 Å². The van der Waals surface area contributed by atoms with Crippen LogP contribution in [0.25, 0.3) is 5.57 Å². The van der Waals surface area contributed by atoms with Crippen molar-refractivity contribution in [2.24, 2.45) is 5.73 Å². The molecule has 0 aliphatic heterocycles. The second kappa shape index (κ2) is 6.70. The molecule has 0 bridgehead atoms. The molecule has 0 saturated carbocycles. The summed E-state index contributed by atoms with van der Waals surface area (Å²) in [4.78, 5) is 0. The van der Waals surface area contributed by atoms with E-state index in [1.54, 1.807) is 27.5 Å². The van der Waals surface area contributed by atoms with Crippen molar-refractivity contribution in [3.8, 4) is 17.2 Å². The third kappa shape index (κ3) is 3.11. The van der Waals surface area contributed by atoms with Gasteiger partial charge in [-0.25, -0.2) is 0 Å². The summed E-state index contributed by atoms with van der Waals surface area (Å²) < 4.78 is 15.8. The van der Waals surface area contributed by atoms with Gasteiger partial charge in [-0.15, -0.1) is 0 Å². The summed E-state index contributed by atoms with van der Waals surface area (Å²) in [5, 5.41) is 0. The molecule has 0 aliphatic carbocycles. The molecule has 4 heteroatoms. The van der Waals surface area contributed by atoms with Gasteiger partial charge in [0, 0.05) is 11.8 Å². The third-order valence-corrected chi connectivity index (χ3v) is 3.24. The van der Waals surface area contributed by atoms with E-state index in [2.05, 4.69) is 0 Å². The van der Waals surface area contributed by atoms with Crippen molar-refractivity contribution in [3.05, 3.63) is 59.8 Å². The molecule has 0 saturated heterocycles. The number of hydrogen-bond donors (Lipinski definition) is 1. The van der Waals surface area contributed by atoms with Crippen molar-refractivity contribution in [1.82, 2.24) is 0 Å². The minimum atomic E-state index is 0.664. The zero-order chi connectivity index (χ0) is 15.2. The lowest BCUT2D eigenvalue weighted by Crippen LogP contribution is -1.96. The molecule has 0 radical (unpaired) electrons. The van der Waals surface area contributed by atoms with Gasteiger partial charge >= 0.3 is 0 Å². The summed E-state index contributed by atoms with van der Waals surface area (Å²) in [6, 6.07) is 13.5. The first kappa shape index (κ1) is 14.8. The van der Waals surface area contributed by atoms with E-state index in [9.17, 15) is 0 Å². The highest BCUT2D eigenvalue weighted by molar-refractivity contribution is 5.81. The van der Waals surface area contributed by atoms with E-state index in [0.29, 0.717) is 11.5 Å². The lowest BCUT2D eigenvalue weighted by Gasteiger charge is -2.12. The van der Waals surface area contributed by atoms with Crippen LogP contribution in [-0.2, 0) is 0 Å². The Labute approximate surface area is 124 Å². The van der Waals surface area contributed by atoms with Crippen LogP contribution in [0.1, 0.15) is 11.1 Å². The Bertz CT molecular complexity index is 650. The van der Waals surface area contributed by atoms with Gasteiger partial charge in [0.25, 0.3) is 0 Å². The maximum atomic E-state index is 5.82. The van der Waals surface area contributed by atoms with Crippen molar-refractivity contribution in [1.29, 1.82) is 0 Å². The lowest BCUT2D eigenvalue weighted by molar-refractivity contribution is 0.355. The summed E-state index contributed by atoms with van der Waals surface area (Å²) in [6.07, 6.45) is 1.58. The number of ether oxygens (including phenoxy) is 3. The quantitative estimate of drug-likeness (QED) is 0.917. The highest BCUT2D eigenvalue weighted by atomic mass is 16.5. The summed E-state index contributed by atoms with van der Waals surface area (Å²) in [6.45, 7) is 0. The monoisotopic (exact) mass is 285 g/mol. The van der Waals surface area contributed by atoms with E-state index >= 15 is 0 Å². The molecular formula is C17H19NO3. The Morgan fingerprint density at radius 3 is 2.19 bits per heavy atom. The predicted molar refractivity (Wildman–Crippen MR) is 83.8 cm³/mol. The average Bonchev–Trinajstić information content (AvgIpc) is 2.55. The summed E-state index contributed by atoms with van der Waals surface area (Å²) in [7, 11) is 4.86. The van der Waals surface area contributed by atoms with E-state index in [0.717, 1.165) is 22.4 Å². The summed E-state index contributed by atoms with van der Waals surface area (Å²) in [5.74, 6) is 2.13. The highest BCUT2D eigenvalue weighted by Gasteiger charge is 2.10. The SMILES string of the molecule is COc1cccc(C(=CN)c2ccc(OC)c(OC)c2)c1. The molecule has 0 atom stereocenters. The van der Waals surface area contributed by atoms with Gasteiger partial charge in [0.2, 0.25) is 0 Å². The van der Waals surface area contributed by atoms with Crippen molar-refractivity contribution >= 4 is 5.57 Å². The first-order valence-corrected chi connectivity index (χ1v) is 6.52. The molecule has 0 unspecified atom stereocenters. The van der Waals surface area contributed by atoms with E-state index in [1.807, 2.05) is 42.5 Å². The maximum Gasteiger partial charge on any atom is 0.161 e. The average molecular weight is 285 g/mol. The molecule has 110 valence electrons. The molecule has 0 amide bonds. The highest BCUT2D eigenvalue weighted by Crippen LogP contribution is 2.33. The summed E-state index contributed by atoms with van der Waals surface area (Å²) in [5.41, 5.74) is 8.64. The molecule has 0 spiro atoms. The van der Waals surface area contributed by atoms with Crippen molar-refractivity contribution in [2.45, 2.75) is 0 Å². The van der Waals surface area contributed by atoms with Crippen LogP contribution in [0.4, 0.5) is 0 Å². The van der Waals surface area contributed by atoms with E-state index in [4.69, 9.17) is 19.9 Å². The fourth-order valence-corrected chi connectivity index (χ4v) is 2.15. The standard InChI is InChI=1S/C17H19NO3/c1-19-14-6-4-5-12(9-14)15(11-18)13-7-8-16(20-2)17(10-13)21-3/h4-11H,18H2,1-3H3. The van der Waals surface area contributed by atoms with Crippen LogP contribution in [-0.4, -0.2) is 21.3 Å². The first-order chi connectivity index (χ1) is 10.2. The van der Waals surface area contributed by atoms with Gasteiger partial charge in [-0.3, -0.25) is 0 Å². The van der Waals surface area contributed by atoms with Gasteiger partial charge < -0.3 is 19.9 Å². The van der Waals surface area contributed by atoms with Gasteiger partial charge in [0.1, 0.15) is 5.75 Å². The molecule has 0 heterocycles. The van der Waals surface area contributed by atoms with Crippen molar-refractivity contribution < 1.29 is 14.2 Å². The third-order valence-electron chi connectivity index (χ3n) is 3.24. The van der Waals surface area contributed by atoms with Crippen LogP contribution in [0, 0.1) is 0 Å². The van der Waals surface area contributed by atoms with Gasteiger partial charge in [-0.2, -0.15) is 0 Å². The van der Waals surface area contributed by atoms with Gasteiger partial charge in [0.15, 0.2) is 11.5 Å². The van der Waals surface area contributed by atoms with E-state index < -0.39 is 0 Å². The number of rotatable bonds is 5. The first-order valence-electron chi connectivity index (χ1n) is 6.52. The lowest BCUT2D eigenvalue weighted by atomic mass is 9.98. The Hall–Kier alpha value is -2.62.